The van der Waals surface area contributed by atoms with E-state index in [0.29, 0.717) is 23.5 Å². The van der Waals surface area contributed by atoms with E-state index in [1.165, 1.54) is 0 Å². The maximum absolute atomic E-state index is 13.1. The van der Waals surface area contributed by atoms with Crippen LogP contribution in [0.4, 0.5) is 5.69 Å². The summed E-state index contributed by atoms with van der Waals surface area (Å²) < 4.78 is 9.18. The number of nitrogens with zero attached hydrogens (tertiary/aromatic N) is 4. The number of carbonyl (C=O) groups is 1. The number of fused-ring (bicyclic) bond motifs is 3. The van der Waals surface area contributed by atoms with Gasteiger partial charge in [-0.2, -0.15) is 0 Å². The molecule has 1 amide bonds. The van der Waals surface area contributed by atoms with Crippen molar-refractivity contribution < 1.29 is 9.21 Å². The van der Waals surface area contributed by atoms with Crippen LogP contribution in [0.15, 0.2) is 88.3 Å². The second-order valence-corrected chi connectivity index (χ2v) is 8.13. The fourth-order valence-electron chi connectivity index (χ4n) is 4.09. The highest BCUT2D eigenvalue weighted by molar-refractivity contribution is 5.91. The third kappa shape index (κ3) is 4.17. The van der Waals surface area contributed by atoms with E-state index in [1.807, 2.05) is 54.0 Å². The number of nitrogens with one attached hydrogen (secondary N) is 1. The molecule has 0 saturated heterocycles. The number of hydrogen-bond donors (Lipinski definition) is 1. The van der Waals surface area contributed by atoms with Gasteiger partial charge in [0.25, 0.3) is 11.5 Å². The van der Waals surface area contributed by atoms with Crippen LogP contribution < -0.4 is 15.8 Å². The van der Waals surface area contributed by atoms with Crippen LogP contribution in [-0.4, -0.2) is 40.0 Å². The molecular formula is C26H25N5O3. The normalized spacial score (nSPS) is 11.2. The van der Waals surface area contributed by atoms with Crippen LogP contribution in [0.1, 0.15) is 22.7 Å². The SMILES string of the molecule is CN(CCCNC(=O)c1ccc(Cn2c(=O)c3cccn3c3cccnc32)o1)c1ccccc1. The molecule has 0 radical (unpaired) electrons. The summed E-state index contributed by atoms with van der Waals surface area (Å²) in [5, 5.41) is 2.90. The predicted octanol–water partition coefficient (Wildman–Crippen LogP) is 3.55. The van der Waals surface area contributed by atoms with Crippen LogP contribution >= 0.6 is 0 Å². The molecule has 8 heteroatoms. The molecule has 0 bridgehead atoms. The molecule has 172 valence electrons. The van der Waals surface area contributed by atoms with E-state index in [2.05, 4.69) is 27.3 Å². The van der Waals surface area contributed by atoms with E-state index in [0.717, 1.165) is 24.2 Å². The van der Waals surface area contributed by atoms with Crippen molar-refractivity contribution in [2.45, 2.75) is 13.0 Å². The predicted molar refractivity (Wildman–Crippen MR) is 131 cm³/mol. The molecule has 1 N–H and O–H groups in total. The summed E-state index contributed by atoms with van der Waals surface area (Å²) in [6.45, 7) is 1.53. The zero-order valence-electron chi connectivity index (χ0n) is 18.8. The molecule has 8 nitrogen and oxygen atoms in total. The minimum atomic E-state index is -0.272. The van der Waals surface area contributed by atoms with Crippen LogP contribution in [0, 0.1) is 0 Å². The van der Waals surface area contributed by atoms with Crippen molar-refractivity contribution >= 4 is 28.3 Å². The van der Waals surface area contributed by atoms with Crippen LogP contribution in [0.3, 0.4) is 0 Å². The first kappa shape index (κ1) is 21.5. The van der Waals surface area contributed by atoms with Gasteiger partial charge < -0.3 is 19.0 Å². The van der Waals surface area contributed by atoms with Gasteiger partial charge >= 0.3 is 0 Å². The Kier molecular flexibility index (Phi) is 5.86. The highest BCUT2D eigenvalue weighted by Gasteiger charge is 2.15. The van der Waals surface area contributed by atoms with Crippen molar-refractivity contribution in [1.82, 2.24) is 19.3 Å². The summed E-state index contributed by atoms with van der Waals surface area (Å²) in [6, 6.07) is 20.8. The Balaban J connectivity index is 1.25. The molecule has 0 atom stereocenters. The van der Waals surface area contributed by atoms with Gasteiger partial charge in [0, 0.05) is 38.2 Å². The lowest BCUT2D eigenvalue weighted by molar-refractivity contribution is 0.0923. The van der Waals surface area contributed by atoms with Crippen LogP contribution in [0.2, 0.25) is 0 Å². The van der Waals surface area contributed by atoms with Gasteiger partial charge in [-0.05, 0) is 55.0 Å². The Morgan fingerprint density at radius 2 is 1.85 bits per heavy atom. The highest BCUT2D eigenvalue weighted by Crippen LogP contribution is 2.16. The molecule has 34 heavy (non-hydrogen) atoms. The zero-order valence-corrected chi connectivity index (χ0v) is 18.8. The molecule has 0 spiro atoms. The van der Waals surface area contributed by atoms with Gasteiger partial charge in [-0.3, -0.25) is 14.2 Å². The van der Waals surface area contributed by atoms with Gasteiger partial charge in [0.2, 0.25) is 0 Å². The largest absolute Gasteiger partial charge is 0.454 e. The van der Waals surface area contributed by atoms with E-state index in [1.54, 1.807) is 29.0 Å². The van der Waals surface area contributed by atoms with Gasteiger partial charge in [0.05, 0.1) is 12.1 Å². The minimum Gasteiger partial charge on any atom is -0.454 e. The Hall–Kier alpha value is -4.33. The number of benzene rings is 1. The number of carbonyl (C=O) groups excluding carboxylic acids is 1. The molecule has 0 fully saturated rings. The standard InChI is InChI=1S/C26H25N5O3/c1-29(19-8-3-2-4-9-19)16-7-15-28-25(32)23-13-12-20(34-23)18-31-24-21(10-5-14-27-24)30-17-6-11-22(30)26(31)33/h2-6,8-14,17H,7,15-16,18H2,1H3,(H,28,32). The summed E-state index contributed by atoms with van der Waals surface area (Å²) in [4.78, 5) is 32.2. The fourth-order valence-corrected chi connectivity index (χ4v) is 4.09. The summed E-state index contributed by atoms with van der Waals surface area (Å²) in [7, 11) is 2.03. The molecule has 5 rings (SSSR count). The first-order valence-corrected chi connectivity index (χ1v) is 11.2. The molecule has 4 heterocycles. The van der Waals surface area contributed by atoms with Gasteiger partial charge in [0.15, 0.2) is 11.4 Å². The van der Waals surface area contributed by atoms with E-state index in [4.69, 9.17) is 4.42 Å². The summed E-state index contributed by atoms with van der Waals surface area (Å²) >= 11 is 0. The van der Waals surface area contributed by atoms with Crippen molar-refractivity contribution in [3.8, 4) is 0 Å². The third-order valence-electron chi connectivity index (χ3n) is 5.85. The third-order valence-corrected chi connectivity index (χ3v) is 5.85. The Morgan fingerprint density at radius 3 is 2.71 bits per heavy atom. The number of furan rings is 1. The van der Waals surface area contributed by atoms with Crippen molar-refractivity contribution in [1.29, 1.82) is 0 Å². The van der Waals surface area contributed by atoms with E-state index in [9.17, 15) is 9.59 Å². The second-order valence-electron chi connectivity index (χ2n) is 8.13. The first-order valence-electron chi connectivity index (χ1n) is 11.2. The molecular weight excluding hydrogens is 430 g/mol. The molecule has 0 aliphatic rings. The average Bonchev–Trinajstić information content (AvgIpc) is 3.55. The smallest absolute Gasteiger partial charge is 0.286 e. The summed E-state index contributed by atoms with van der Waals surface area (Å²) in [5.41, 5.74) is 2.92. The Labute approximate surface area is 196 Å². The quantitative estimate of drug-likeness (QED) is 0.362. The van der Waals surface area contributed by atoms with E-state index >= 15 is 0 Å². The monoisotopic (exact) mass is 455 g/mol. The van der Waals surface area contributed by atoms with Gasteiger partial charge in [-0.25, -0.2) is 4.98 Å². The van der Waals surface area contributed by atoms with E-state index in [-0.39, 0.29) is 23.8 Å². The zero-order chi connectivity index (χ0) is 23.5. The molecule has 0 aliphatic heterocycles. The number of para-hydroxylation sites is 1. The van der Waals surface area contributed by atoms with Crippen molar-refractivity contribution in [2.24, 2.45) is 0 Å². The number of amides is 1. The topological polar surface area (TPSA) is 84.8 Å². The Morgan fingerprint density at radius 1 is 1.03 bits per heavy atom. The minimum absolute atomic E-state index is 0.166. The van der Waals surface area contributed by atoms with Crippen LogP contribution in [-0.2, 0) is 6.54 Å². The van der Waals surface area contributed by atoms with E-state index < -0.39 is 0 Å². The molecule has 0 unspecified atom stereocenters. The van der Waals surface area contributed by atoms with Crippen LogP contribution in [0.25, 0.3) is 16.7 Å². The van der Waals surface area contributed by atoms with Crippen LogP contribution in [0.5, 0.6) is 0 Å². The van der Waals surface area contributed by atoms with Gasteiger partial charge in [-0.15, -0.1) is 0 Å². The molecule has 0 aliphatic carbocycles. The number of aromatic nitrogens is 3. The lowest BCUT2D eigenvalue weighted by atomic mass is 10.3. The average molecular weight is 456 g/mol. The number of anilines is 1. The molecule has 5 aromatic rings. The maximum Gasteiger partial charge on any atom is 0.286 e. The summed E-state index contributed by atoms with van der Waals surface area (Å²) in [5.74, 6) is 0.463. The highest BCUT2D eigenvalue weighted by atomic mass is 16.4. The Bertz CT molecular complexity index is 1500. The van der Waals surface area contributed by atoms with Crippen molar-refractivity contribution in [2.75, 3.05) is 25.0 Å². The second kappa shape index (κ2) is 9.27. The number of pyridine rings is 1. The molecule has 4 aromatic heterocycles. The van der Waals surface area contributed by atoms with Gasteiger partial charge in [-0.1, -0.05) is 18.2 Å². The number of rotatable bonds is 8. The van der Waals surface area contributed by atoms with Crippen molar-refractivity contribution in [3.05, 3.63) is 101 Å². The molecule has 1 aromatic carbocycles. The lowest BCUT2D eigenvalue weighted by Gasteiger charge is -2.19. The number of hydrogen-bond acceptors (Lipinski definition) is 5. The lowest BCUT2D eigenvalue weighted by Crippen LogP contribution is -2.28. The summed E-state index contributed by atoms with van der Waals surface area (Å²) in [6.07, 6.45) is 4.30. The fraction of sp³-hybridized carbons (Fsp3) is 0.192. The maximum atomic E-state index is 13.1. The first-order chi connectivity index (χ1) is 16.6. The molecule has 0 saturated carbocycles. The van der Waals surface area contributed by atoms with Crippen molar-refractivity contribution in [3.63, 3.8) is 0 Å². The van der Waals surface area contributed by atoms with Gasteiger partial charge in [0.1, 0.15) is 11.3 Å².